The predicted molar refractivity (Wildman–Crippen MR) is 117 cm³/mol. The Hall–Kier alpha value is -3.46. The highest BCUT2D eigenvalue weighted by molar-refractivity contribution is 6.30. The Morgan fingerprint density at radius 1 is 1.23 bits per heavy atom. The largest absolute Gasteiger partial charge is 0.484 e. The first-order valence-corrected chi connectivity index (χ1v) is 9.87. The van der Waals surface area contributed by atoms with Crippen LogP contribution < -0.4 is 15.5 Å². The Kier molecular flexibility index (Phi) is 8.95. The molecule has 0 aliphatic carbocycles. The van der Waals surface area contributed by atoms with Gasteiger partial charge in [0.2, 0.25) is 0 Å². The van der Waals surface area contributed by atoms with Gasteiger partial charge in [0, 0.05) is 22.7 Å². The summed E-state index contributed by atoms with van der Waals surface area (Å²) in [7, 11) is 0. The third-order valence-electron chi connectivity index (χ3n) is 4.01. The number of benzene rings is 2. The first-order chi connectivity index (χ1) is 14.7. The summed E-state index contributed by atoms with van der Waals surface area (Å²) in [5.41, 5.74) is 2.73. The van der Waals surface area contributed by atoms with Gasteiger partial charge in [0.05, 0.1) is 11.1 Å². The number of amides is 2. The summed E-state index contributed by atoms with van der Waals surface area (Å²) in [6.07, 6.45) is 1.69. The van der Waals surface area contributed by atoms with E-state index in [1.54, 1.807) is 30.3 Å². The van der Waals surface area contributed by atoms with Gasteiger partial charge in [0.15, 0.2) is 6.61 Å². The Balaban J connectivity index is 1.93. The predicted octanol–water partition coefficient (Wildman–Crippen LogP) is 3.31. The fraction of sp³-hybridized carbons (Fsp3) is 0.286. The van der Waals surface area contributed by atoms with E-state index in [0.717, 1.165) is 0 Å². The molecule has 164 valence electrons. The van der Waals surface area contributed by atoms with Gasteiger partial charge in [-0.25, -0.2) is 5.43 Å². The number of hydrogen-bond acceptors (Lipinski definition) is 6. The molecule has 31 heavy (non-hydrogen) atoms. The summed E-state index contributed by atoms with van der Waals surface area (Å²) in [6, 6.07) is 11.6. The number of ether oxygens (including phenoxy) is 1. The summed E-state index contributed by atoms with van der Waals surface area (Å²) >= 11 is 5.81. The normalized spacial score (nSPS) is 11.9. The molecule has 0 heterocycles. The van der Waals surface area contributed by atoms with Crippen LogP contribution in [0.25, 0.3) is 0 Å². The third kappa shape index (κ3) is 8.43. The molecule has 2 aromatic rings. The van der Waals surface area contributed by atoms with Gasteiger partial charge in [-0.3, -0.25) is 19.7 Å². The zero-order valence-corrected chi connectivity index (χ0v) is 17.8. The van der Waals surface area contributed by atoms with E-state index in [2.05, 4.69) is 15.8 Å². The van der Waals surface area contributed by atoms with Crippen LogP contribution in [0.5, 0.6) is 5.75 Å². The van der Waals surface area contributed by atoms with Crippen molar-refractivity contribution in [1.29, 1.82) is 0 Å². The van der Waals surface area contributed by atoms with Gasteiger partial charge in [-0.2, -0.15) is 5.10 Å². The molecule has 2 amide bonds. The van der Waals surface area contributed by atoms with Crippen LogP contribution in [0.3, 0.4) is 0 Å². The Bertz CT molecular complexity index is 947. The molecule has 0 aromatic heterocycles. The highest BCUT2D eigenvalue weighted by Gasteiger charge is 2.22. The van der Waals surface area contributed by atoms with Gasteiger partial charge >= 0.3 is 0 Å². The zero-order valence-electron chi connectivity index (χ0n) is 17.1. The van der Waals surface area contributed by atoms with Crippen LogP contribution in [0.4, 0.5) is 5.69 Å². The van der Waals surface area contributed by atoms with Crippen LogP contribution in [-0.4, -0.2) is 35.6 Å². The number of nitro benzene ring substituents is 1. The van der Waals surface area contributed by atoms with Crippen molar-refractivity contribution in [2.45, 2.75) is 26.3 Å². The Morgan fingerprint density at radius 3 is 2.58 bits per heavy atom. The summed E-state index contributed by atoms with van der Waals surface area (Å²) in [4.78, 5) is 35.0. The molecule has 10 heteroatoms. The van der Waals surface area contributed by atoms with E-state index in [4.69, 9.17) is 16.3 Å². The van der Waals surface area contributed by atoms with Crippen LogP contribution in [0.15, 0.2) is 53.6 Å². The Morgan fingerprint density at radius 2 is 1.94 bits per heavy atom. The van der Waals surface area contributed by atoms with Crippen molar-refractivity contribution < 1.29 is 19.2 Å². The van der Waals surface area contributed by atoms with Crippen molar-refractivity contribution in [1.82, 2.24) is 10.7 Å². The van der Waals surface area contributed by atoms with Gasteiger partial charge in [0.1, 0.15) is 11.8 Å². The molecule has 0 saturated heterocycles. The molecule has 0 aliphatic heterocycles. The molecule has 2 aromatic carbocycles. The SMILES string of the molecule is CC(C)C[C@H](NC(=O)COc1ccc(Cl)cc1)C(=O)N/N=C\c1cccc([N+](=O)[O-])c1. The first-order valence-electron chi connectivity index (χ1n) is 9.49. The number of nitrogens with one attached hydrogen (secondary N) is 2. The van der Waals surface area contributed by atoms with Crippen LogP contribution in [0.1, 0.15) is 25.8 Å². The monoisotopic (exact) mass is 446 g/mol. The number of halogens is 1. The molecule has 0 aliphatic rings. The topological polar surface area (TPSA) is 123 Å². The van der Waals surface area contributed by atoms with E-state index in [0.29, 0.717) is 22.8 Å². The second kappa shape index (κ2) is 11.7. The number of rotatable bonds is 10. The van der Waals surface area contributed by atoms with E-state index < -0.39 is 22.8 Å². The van der Waals surface area contributed by atoms with E-state index in [9.17, 15) is 19.7 Å². The summed E-state index contributed by atoms with van der Waals surface area (Å²) < 4.78 is 5.39. The van der Waals surface area contributed by atoms with Crippen LogP contribution in [0, 0.1) is 16.0 Å². The van der Waals surface area contributed by atoms with Gasteiger partial charge in [-0.1, -0.05) is 37.6 Å². The lowest BCUT2D eigenvalue weighted by Gasteiger charge is -2.19. The van der Waals surface area contributed by atoms with Gasteiger partial charge in [-0.05, 0) is 36.6 Å². The molecule has 0 fully saturated rings. The third-order valence-corrected chi connectivity index (χ3v) is 4.26. The molecule has 9 nitrogen and oxygen atoms in total. The fourth-order valence-corrected chi connectivity index (χ4v) is 2.71. The maximum absolute atomic E-state index is 12.5. The molecule has 0 spiro atoms. The van der Waals surface area contributed by atoms with Crippen LogP contribution in [0.2, 0.25) is 5.02 Å². The van der Waals surface area contributed by atoms with E-state index in [1.165, 1.54) is 24.4 Å². The van der Waals surface area contributed by atoms with Crippen LogP contribution >= 0.6 is 11.6 Å². The average molecular weight is 447 g/mol. The maximum atomic E-state index is 12.5. The lowest BCUT2D eigenvalue weighted by Crippen LogP contribution is -2.47. The van der Waals surface area contributed by atoms with Crippen molar-refractivity contribution in [3.8, 4) is 5.75 Å². The number of hydrazone groups is 1. The Labute approximate surface area is 184 Å². The molecule has 2 rings (SSSR count). The van der Waals surface area contributed by atoms with Gasteiger partial charge in [0.25, 0.3) is 17.5 Å². The molecular formula is C21H23ClN4O5. The smallest absolute Gasteiger partial charge is 0.270 e. The summed E-state index contributed by atoms with van der Waals surface area (Å²) in [5.74, 6) is -0.353. The lowest BCUT2D eigenvalue weighted by molar-refractivity contribution is -0.384. The lowest BCUT2D eigenvalue weighted by atomic mass is 10.0. The fourth-order valence-electron chi connectivity index (χ4n) is 2.59. The molecule has 0 unspecified atom stereocenters. The number of non-ortho nitro benzene ring substituents is 1. The average Bonchev–Trinajstić information content (AvgIpc) is 2.72. The molecule has 1 atom stereocenters. The van der Waals surface area contributed by atoms with E-state index >= 15 is 0 Å². The molecule has 0 bridgehead atoms. The highest BCUT2D eigenvalue weighted by Crippen LogP contribution is 2.15. The second-order valence-electron chi connectivity index (χ2n) is 7.08. The van der Waals surface area contributed by atoms with Crippen molar-refractivity contribution in [3.05, 3.63) is 69.2 Å². The minimum absolute atomic E-state index is 0.0825. The van der Waals surface area contributed by atoms with E-state index in [-0.39, 0.29) is 18.2 Å². The molecule has 0 saturated carbocycles. The van der Waals surface area contributed by atoms with Gasteiger partial charge < -0.3 is 10.1 Å². The molecule has 0 radical (unpaired) electrons. The summed E-state index contributed by atoms with van der Waals surface area (Å²) in [5, 5.41) is 17.8. The second-order valence-corrected chi connectivity index (χ2v) is 7.52. The molecular weight excluding hydrogens is 424 g/mol. The number of nitro groups is 1. The van der Waals surface area contributed by atoms with Crippen molar-refractivity contribution in [3.63, 3.8) is 0 Å². The minimum Gasteiger partial charge on any atom is -0.484 e. The van der Waals surface area contributed by atoms with Crippen molar-refractivity contribution in [2.75, 3.05) is 6.61 Å². The maximum Gasteiger partial charge on any atom is 0.270 e. The number of carbonyl (C=O) groups is 2. The first kappa shape index (κ1) is 23.8. The highest BCUT2D eigenvalue weighted by atomic mass is 35.5. The number of hydrogen-bond donors (Lipinski definition) is 2. The van der Waals surface area contributed by atoms with Crippen LogP contribution in [-0.2, 0) is 9.59 Å². The zero-order chi connectivity index (χ0) is 22.8. The quantitative estimate of drug-likeness (QED) is 0.329. The van der Waals surface area contributed by atoms with E-state index in [1.807, 2.05) is 13.8 Å². The van der Waals surface area contributed by atoms with Gasteiger partial charge in [-0.15, -0.1) is 0 Å². The summed E-state index contributed by atoms with van der Waals surface area (Å²) in [6.45, 7) is 3.58. The standard InChI is InChI=1S/C21H23ClN4O5/c1-14(2)10-19(24-20(27)13-31-18-8-6-16(22)7-9-18)21(28)25-23-12-15-4-3-5-17(11-15)26(29)30/h3-9,11-12,14,19H,10,13H2,1-2H3,(H,24,27)(H,25,28)/b23-12-/t19-/m0/s1. The number of carbonyl (C=O) groups excluding carboxylic acids is 2. The minimum atomic E-state index is -0.816. The number of nitrogens with zero attached hydrogens (tertiary/aromatic N) is 2. The van der Waals surface area contributed by atoms with Crippen molar-refractivity contribution in [2.24, 2.45) is 11.0 Å². The van der Waals surface area contributed by atoms with Crippen molar-refractivity contribution >= 4 is 35.3 Å². The molecule has 2 N–H and O–H groups in total.